The Labute approximate surface area is 81.9 Å². The van der Waals surface area contributed by atoms with E-state index in [9.17, 15) is 0 Å². The molecule has 0 saturated heterocycles. The van der Waals surface area contributed by atoms with E-state index in [4.69, 9.17) is 11.6 Å². The number of rotatable bonds is 3. The number of imidazole rings is 1. The highest BCUT2D eigenvalue weighted by Crippen LogP contribution is 2.11. The van der Waals surface area contributed by atoms with Gasteiger partial charge in [-0.1, -0.05) is 12.1 Å². The average molecular weight is 195 g/mol. The van der Waals surface area contributed by atoms with Gasteiger partial charge in [-0.3, -0.25) is 0 Å². The van der Waals surface area contributed by atoms with Gasteiger partial charge in [-0.25, -0.2) is 4.98 Å². The fraction of sp³-hybridized carbons (Fsp3) is 0.300. The van der Waals surface area contributed by atoms with Crippen molar-refractivity contribution in [2.45, 2.75) is 12.8 Å². The highest BCUT2D eigenvalue weighted by Gasteiger charge is 2.00. The van der Waals surface area contributed by atoms with Crippen molar-refractivity contribution in [3.63, 3.8) is 0 Å². The SMILES string of the molecule is ClCCCc1nc2ccccc2[nH]1. The Kier molecular flexibility index (Phi) is 2.50. The van der Waals surface area contributed by atoms with Crippen LogP contribution in [0.25, 0.3) is 11.0 Å². The Morgan fingerprint density at radius 2 is 2.15 bits per heavy atom. The lowest BCUT2D eigenvalue weighted by Crippen LogP contribution is -1.87. The lowest BCUT2D eigenvalue weighted by molar-refractivity contribution is 0.867. The number of hydrogen-bond donors (Lipinski definition) is 1. The van der Waals surface area contributed by atoms with Gasteiger partial charge in [-0.2, -0.15) is 0 Å². The minimum atomic E-state index is 0.692. The van der Waals surface area contributed by atoms with Crippen molar-refractivity contribution in [2.24, 2.45) is 0 Å². The molecule has 0 radical (unpaired) electrons. The second-order valence-corrected chi connectivity index (χ2v) is 3.37. The molecule has 0 unspecified atom stereocenters. The molecular weight excluding hydrogens is 184 g/mol. The van der Waals surface area contributed by atoms with Crippen molar-refractivity contribution >= 4 is 22.6 Å². The first-order valence-corrected chi connectivity index (χ1v) is 4.93. The lowest BCUT2D eigenvalue weighted by Gasteiger charge is -1.89. The topological polar surface area (TPSA) is 28.7 Å². The molecule has 0 bridgehead atoms. The van der Waals surface area contributed by atoms with Crippen LogP contribution in [0.5, 0.6) is 0 Å². The minimum Gasteiger partial charge on any atom is -0.342 e. The Morgan fingerprint density at radius 3 is 2.92 bits per heavy atom. The maximum atomic E-state index is 5.61. The van der Waals surface area contributed by atoms with Crippen LogP contribution in [-0.2, 0) is 6.42 Å². The van der Waals surface area contributed by atoms with E-state index in [-0.39, 0.29) is 0 Å². The zero-order valence-electron chi connectivity index (χ0n) is 7.26. The van der Waals surface area contributed by atoms with Crippen LogP contribution in [-0.4, -0.2) is 15.8 Å². The summed E-state index contributed by atoms with van der Waals surface area (Å²) >= 11 is 5.61. The monoisotopic (exact) mass is 194 g/mol. The van der Waals surface area contributed by atoms with Gasteiger partial charge in [0.25, 0.3) is 0 Å². The van der Waals surface area contributed by atoms with Crippen LogP contribution >= 0.6 is 11.6 Å². The summed E-state index contributed by atoms with van der Waals surface area (Å²) in [4.78, 5) is 7.70. The van der Waals surface area contributed by atoms with E-state index in [1.807, 2.05) is 24.3 Å². The number of alkyl halides is 1. The van der Waals surface area contributed by atoms with Gasteiger partial charge in [0.15, 0.2) is 0 Å². The first kappa shape index (κ1) is 8.57. The van der Waals surface area contributed by atoms with E-state index in [1.54, 1.807) is 0 Å². The summed E-state index contributed by atoms with van der Waals surface area (Å²) in [5, 5.41) is 0. The summed E-state index contributed by atoms with van der Waals surface area (Å²) in [6, 6.07) is 8.04. The van der Waals surface area contributed by atoms with Gasteiger partial charge in [-0.15, -0.1) is 11.6 Å². The number of nitrogens with one attached hydrogen (secondary N) is 1. The molecule has 0 amide bonds. The predicted octanol–water partition coefficient (Wildman–Crippen LogP) is 2.73. The zero-order chi connectivity index (χ0) is 9.10. The van der Waals surface area contributed by atoms with E-state index >= 15 is 0 Å². The van der Waals surface area contributed by atoms with Crippen LogP contribution in [0.3, 0.4) is 0 Å². The van der Waals surface area contributed by atoms with Crippen molar-refractivity contribution in [1.29, 1.82) is 0 Å². The van der Waals surface area contributed by atoms with Crippen LogP contribution in [0.2, 0.25) is 0 Å². The van der Waals surface area contributed by atoms with E-state index in [1.165, 1.54) is 0 Å². The quantitative estimate of drug-likeness (QED) is 0.748. The Morgan fingerprint density at radius 1 is 1.31 bits per heavy atom. The Balaban J connectivity index is 2.28. The fourth-order valence-electron chi connectivity index (χ4n) is 1.36. The molecule has 68 valence electrons. The number of H-pyrrole nitrogens is 1. The molecule has 1 aromatic carbocycles. The van der Waals surface area contributed by atoms with E-state index in [2.05, 4.69) is 9.97 Å². The number of benzene rings is 1. The minimum absolute atomic E-state index is 0.692. The molecule has 0 fully saturated rings. The summed E-state index contributed by atoms with van der Waals surface area (Å²) in [5.41, 5.74) is 2.14. The van der Waals surface area contributed by atoms with Gasteiger partial charge in [0.05, 0.1) is 11.0 Å². The van der Waals surface area contributed by atoms with Gasteiger partial charge in [0.1, 0.15) is 5.82 Å². The Hall–Kier alpha value is -1.02. The maximum absolute atomic E-state index is 5.61. The number of fused-ring (bicyclic) bond motifs is 1. The fourth-order valence-corrected chi connectivity index (χ4v) is 1.49. The summed E-state index contributed by atoms with van der Waals surface area (Å²) < 4.78 is 0. The molecule has 1 N–H and O–H groups in total. The molecule has 0 atom stereocenters. The van der Waals surface area contributed by atoms with Crippen LogP contribution in [0.15, 0.2) is 24.3 Å². The third-order valence-electron chi connectivity index (χ3n) is 1.99. The third kappa shape index (κ3) is 1.83. The summed E-state index contributed by atoms with van der Waals surface area (Å²) in [6.07, 6.45) is 1.90. The highest BCUT2D eigenvalue weighted by molar-refractivity contribution is 6.17. The average Bonchev–Trinajstić information content (AvgIpc) is 2.57. The largest absolute Gasteiger partial charge is 0.342 e. The summed E-state index contributed by atoms with van der Waals surface area (Å²) in [5.74, 6) is 1.72. The third-order valence-corrected chi connectivity index (χ3v) is 2.25. The summed E-state index contributed by atoms with van der Waals surface area (Å²) in [6.45, 7) is 0. The standard InChI is InChI=1S/C10H11ClN2/c11-7-3-6-10-12-8-4-1-2-5-9(8)13-10/h1-2,4-5H,3,6-7H2,(H,12,13). The molecule has 0 spiro atoms. The molecule has 3 heteroatoms. The first-order valence-electron chi connectivity index (χ1n) is 4.40. The molecule has 1 aromatic heterocycles. The molecule has 13 heavy (non-hydrogen) atoms. The Bertz CT molecular complexity index is 361. The van der Waals surface area contributed by atoms with Crippen molar-refractivity contribution in [3.05, 3.63) is 30.1 Å². The van der Waals surface area contributed by atoms with Gasteiger partial charge >= 0.3 is 0 Å². The second-order valence-electron chi connectivity index (χ2n) is 2.99. The normalized spacial score (nSPS) is 10.8. The molecule has 1 heterocycles. The molecular formula is C10H11ClN2. The van der Waals surface area contributed by atoms with Gasteiger partial charge in [0, 0.05) is 12.3 Å². The van der Waals surface area contributed by atoms with Crippen LogP contribution in [0.1, 0.15) is 12.2 Å². The lowest BCUT2D eigenvalue weighted by atomic mass is 10.3. The molecule has 0 aliphatic heterocycles. The summed E-state index contributed by atoms with van der Waals surface area (Å²) in [7, 11) is 0. The van der Waals surface area contributed by atoms with Crippen molar-refractivity contribution in [2.75, 3.05) is 5.88 Å². The maximum Gasteiger partial charge on any atom is 0.107 e. The van der Waals surface area contributed by atoms with Crippen LogP contribution in [0, 0.1) is 0 Å². The first-order chi connectivity index (χ1) is 6.40. The number of aryl methyl sites for hydroxylation is 1. The number of nitrogens with zero attached hydrogens (tertiary/aromatic N) is 1. The molecule has 0 saturated carbocycles. The zero-order valence-corrected chi connectivity index (χ0v) is 8.01. The second kappa shape index (κ2) is 3.79. The van der Waals surface area contributed by atoms with E-state index < -0.39 is 0 Å². The highest BCUT2D eigenvalue weighted by atomic mass is 35.5. The molecule has 0 aliphatic rings. The van der Waals surface area contributed by atoms with E-state index in [0.29, 0.717) is 5.88 Å². The number of para-hydroxylation sites is 2. The molecule has 2 nitrogen and oxygen atoms in total. The van der Waals surface area contributed by atoms with Crippen LogP contribution < -0.4 is 0 Å². The molecule has 0 aliphatic carbocycles. The van der Waals surface area contributed by atoms with Crippen molar-refractivity contribution in [3.8, 4) is 0 Å². The molecule has 2 aromatic rings. The van der Waals surface area contributed by atoms with E-state index in [0.717, 1.165) is 29.7 Å². The van der Waals surface area contributed by atoms with Gasteiger partial charge < -0.3 is 4.98 Å². The predicted molar refractivity (Wildman–Crippen MR) is 55.1 cm³/mol. The van der Waals surface area contributed by atoms with Gasteiger partial charge in [-0.05, 0) is 18.6 Å². The number of aromatic nitrogens is 2. The van der Waals surface area contributed by atoms with Crippen molar-refractivity contribution in [1.82, 2.24) is 9.97 Å². The number of halogens is 1. The van der Waals surface area contributed by atoms with Crippen molar-refractivity contribution < 1.29 is 0 Å². The van der Waals surface area contributed by atoms with Crippen LogP contribution in [0.4, 0.5) is 0 Å². The molecule has 2 rings (SSSR count). The van der Waals surface area contributed by atoms with Gasteiger partial charge in [0.2, 0.25) is 0 Å². The smallest absolute Gasteiger partial charge is 0.107 e. The number of hydrogen-bond acceptors (Lipinski definition) is 1. The number of aromatic amines is 1.